The van der Waals surface area contributed by atoms with Gasteiger partial charge in [0.05, 0.1) is 11.2 Å². The summed E-state index contributed by atoms with van der Waals surface area (Å²) in [7, 11) is 0. The van der Waals surface area contributed by atoms with Crippen LogP contribution in [0.4, 0.5) is 5.69 Å². The van der Waals surface area contributed by atoms with Crippen LogP contribution in [0.15, 0.2) is 97.8 Å². The van der Waals surface area contributed by atoms with Gasteiger partial charge in [0.2, 0.25) is 0 Å². The second-order valence-electron chi connectivity index (χ2n) is 5.78. The Morgan fingerprint density at radius 2 is 1.77 bits per heavy atom. The van der Waals surface area contributed by atoms with Crippen molar-refractivity contribution in [2.24, 2.45) is 0 Å². The van der Waals surface area contributed by atoms with Crippen LogP contribution in [-0.4, -0.2) is 11.5 Å². The van der Waals surface area contributed by atoms with Crippen molar-refractivity contribution in [1.29, 1.82) is 0 Å². The summed E-state index contributed by atoms with van der Waals surface area (Å²) in [6.45, 7) is 4.42. The average molecular weight is 338 g/mol. The van der Waals surface area contributed by atoms with Crippen LogP contribution in [-0.2, 0) is 0 Å². The third-order valence-corrected chi connectivity index (χ3v) is 3.96. The fraction of sp³-hybridized carbons (Fsp3) is 0.0417. The first-order valence-electron chi connectivity index (χ1n) is 8.67. The van der Waals surface area contributed by atoms with Gasteiger partial charge < -0.3 is 5.32 Å². The number of anilines is 1. The minimum atomic E-state index is 0.748. The molecule has 0 atom stereocenters. The van der Waals surface area contributed by atoms with E-state index in [9.17, 15) is 0 Å². The van der Waals surface area contributed by atoms with E-state index in [1.54, 1.807) is 6.08 Å². The Hall–Kier alpha value is -3.39. The molecule has 0 bridgehead atoms. The van der Waals surface area contributed by atoms with Crippen molar-refractivity contribution < 1.29 is 0 Å². The third-order valence-electron chi connectivity index (χ3n) is 3.96. The quantitative estimate of drug-likeness (QED) is 0.525. The molecular formula is C24H22N2. The number of aromatic nitrogens is 1. The van der Waals surface area contributed by atoms with Crippen LogP contribution < -0.4 is 5.32 Å². The van der Waals surface area contributed by atoms with Gasteiger partial charge >= 0.3 is 0 Å². The Morgan fingerprint density at radius 1 is 0.885 bits per heavy atom. The third kappa shape index (κ3) is 4.58. The first-order chi connectivity index (χ1) is 12.9. The van der Waals surface area contributed by atoms with Crippen LogP contribution >= 0.6 is 0 Å². The van der Waals surface area contributed by atoms with Gasteiger partial charge in [0.25, 0.3) is 0 Å². The summed E-state index contributed by atoms with van der Waals surface area (Å²) in [5.74, 6) is 0. The summed E-state index contributed by atoms with van der Waals surface area (Å²) in [4.78, 5) is 4.57. The average Bonchev–Trinajstić information content (AvgIpc) is 2.69. The zero-order chi connectivity index (χ0) is 18.0. The van der Waals surface area contributed by atoms with E-state index >= 15 is 0 Å². The van der Waals surface area contributed by atoms with E-state index in [-0.39, 0.29) is 0 Å². The molecule has 26 heavy (non-hydrogen) atoms. The van der Waals surface area contributed by atoms with E-state index in [4.69, 9.17) is 0 Å². The number of pyridine rings is 1. The monoisotopic (exact) mass is 338 g/mol. The number of hydrogen-bond acceptors (Lipinski definition) is 2. The number of allylic oxidation sites excluding steroid dienone is 4. The minimum Gasteiger partial charge on any atom is -0.380 e. The van der Waals surface area contributed by atoms with Gasteiger partial charge in [0, 0.05) is 18.1 Å². The Kier molecular flexibility index (Phi) is 6.16. The summed E-state index contributed by atoms with van der Waals surface area (Å²) < 4.78 is 0. The molecule has 0 aliphatic carbocycles. The lowest BCUT2D eigenvalue weighted by Crippen LogP contribution is -1.99. The van der Waals surface area contributed by atoms with E-state index in [0.29, 0.717) is 0 Å². The normalized spacial score (nSPS) is 11.7. The molecule has 0 saturated carbocycles. The van der Waals surface area contributed by atoms with E-state index in [0.717, 1.165) is 28.7 Å². The van der Waals surface area contributed by atoms with Crippen LogP contribution in [0.3, 0.4) is 0 Å². The van der Waals surface area contributed by atoms with Crippen LogP contribution in [0, 0.1) is 0 Å². The van der Waals surface area contributed by atoms with E-state index in [1.165, 1.54) is 5.56 Å². The number of fused-ring (bicyclic) bond motifs is 1. The lowest BCUT2D eigenvalue weighted by Gasteiger charge is -2.09. The lowest BCUT2D eigenvalue weighted by molar-refractivity contribution is 1.32. The molecule has 0 unspecified atom stereocenters. The molecule has 0 radical (unpaired) electrons. The second-order valence-corrected chi connectivity index (χ2v) is 5.78. The molecule has 2 heteroatoms. The van der Waals surface area contributed by atoms with Crippen LogP contribution in [0.2, 0.25) is 0 Å². The maximum Gasteiger partial charge on any atom is 0.0939 e. The number of benzene rings is 2. The minimum absolute atomic E-state index is 0.748. The molecule has 0 amide bonds. The molecule has 1 N–H and O–H groups in total. The molecular weight excluding hydrogens is 316 g/mol. The topological polar surface area (TPSA) is 24.9 Å². The van der Waals surface area contributed by atoms with Gasteiger partial charge in [-0.05, 0) is 23.3 Å². The molecule has 0 fully saturated rings. The number of para-hydroxylation sites is 1. The summed E-state index contributed by atoms with van der Waals surface area (Å²) >= 11 is 0. The molecule has 1 heterocycles. The summed E-state index contributed by atoms with van der Waals surface area (Å²) in [5, 5.41) is 4.59. The van der Waals surface area contributed by atoms with Crippen LogP contribution in [0.25, 0.3) is 23.1 Å². The molecule has 2 aromatic carbocycles. The molecule has 2 nitrogen and oxygen atoms in total. The first kappa shape index (κ1) is 17.4. The fourth-order valence-electron chi connectivity index (χ4n) is 2.72. The highest BCUT2D eigenvalue weighted by Gasteiger charge is 2.03. The summed E-state index contributed by atoms with van der Waals surface area (Å²) in [6.07, 6.45) is 15.8. The van der Waals surface area contributed by atoms with Gasteiger partial charge in [-0.3, -0.25) is 4.98 Å². The maximum atomic E-state index is 4.57. The smallest absolute Gasteiger partial charge is 0.0939 e. The Bertz CT molecular complexity index is 950. The molecule has 0 spiro atoms. The van der Waals surface area contributed by atoms with Crippen molar-refractivity contribution in [2.45, 2.75) is 0 Å². The van der Waals surface area contributed by atoms with Crippen molar-refractivity contribution in [2.75, 3.05) is 11.9 Å². The Labute approximate surface area is 154 Å². The maximum absolute atomic E-state index is 4.57. The zero-order valence-electron chi connectivity index (χ0n) is 14.7. The Morgan fingerprint density at radius 3 is 2.62 bits per heavy atom. The van der Waals surface area contributed by atoms with Crippen molar-refractivity contribution >= 4 is 28.7 Å². The predicted molar refractivity (Wildman–Crippen MR) is 114 cm³/mol. The van der Waals surface area contributed by atoms with Crippen molar-refractivity contribution in [3.05, 3.63) is 109 Å². The largest absolute Gasteiger partial charge is 0.380 e. The second kappa shape index (κ2) is 9.19. The van der Waals surface area contributed by atoms with Crippen molar-refractivity contribution in [1.82, 2.24) is 4.98 Å². The standard InChI is InChI=1S/C24H22N2/c1-2-3-4-8-14-21-17-19-26-24-22(21)15-9-16-23(24)25-18-10-13-20-11-6-5-7-12-20/h2-17,19,25H,1,18H2/b4-3-,13-10?,14-8?. The molecule has 1 aromatic heterocycles. The van der Waals surface area contributed by atoms with Crippen LogP contribution in [0.1, 0.15) is 11.1 Å². The molecule has 0 aliphatic rings. The highest BCUT2D eigenvalue weighted by molar-refractivity contribution is 5.95. The van der Waals surface area contributed by atoms with Gasteiger partial charge in [0.15, 0.2) is 0 Å². The number of nitrogens with zero attached hydrogens (tertiary/aromatic N) is 1. The SMILES string of the molecule is C=C/C=C\C=Cc1ccnc2c(NCC=Cc3ccccc3)cccc12. The highest BCUT2D eigenvalue weighted by Crippen LogP contribution is 2.24. The fourth-order valence-corrected chi connectivity index (χ4v) is 2.72. The first-order valence-corrected chi connectivity index (χ1v) is 8.67. The predicted octanol–water partition coefficient (Wildman–Crippen LogP) is 6.12. The van der Waals surface area contributed by atoms with E-state index < -0.39 is 0 Å². The number of hydrogen-bond donors (Lipinski definition) is 1. The van der Waals surface area contributed by atoms with Gasteiger partial charge in [-0.15, -0.1) is 0 Å². The van der Waals surface area contributed by atoms with Crippen LogP contribution in [0.5, 0.6) is 0 Å². The number of rotatable bonds is 7. The zero-order valence-corrected chi connectivity index (χ0v) is 14.7. The van der Waals surface area contributed by atoms with Crippen molar-refractivity contribution in [3.63, 3.8) is 0 Å². The van der Waals surface area contributed by atoms with E-state index in [1.807, 2.05) is 48.7 Å². The van der Waals surface area contributed by atoms with Gasteiger partial charge in [0.1, 0.15) is 0 Å². The Balaban J connectivity index is 1.77. The summed E-state index contributed by atoms with van der Waals surface area (Å²) in [6, 6.07) is 18.5. The molecule has 0 aliphatic heterocycles. The van der Waals surface area contributed by atoms with Gasteiger partial charge in [-0.1, -0.05) is 91.6 Å². The molecule has 128 valence electrons. The van der Waals surface area contributed by atoms with Gasteiger partial charge in [-0.2, -0.15) is 0 Å². The number of nitrogens with one attached hydrogen (secondary N) is 1. The van der Waals surface area contributed by atoms with Crippen molar-refractivity contribution in [3.8, 4) is 0 Å². The lowest BCUT2D eigenvalue weighted by atomic mass is 10.1. The highest BCUT2D eigenvalue weighted by atomic mass is 14.9. The van der Waals surface area contributed by atoms with Gasteiger partial charge in [-0.25, -0.2) is 0 Å². The molecule has 3 rings (SSSR count). The molecule has 0 saturated heterocycles. The summed E-state index contributed by atoms with van der Waals surface area (Å²) in [5.41, 5.74) is 4.37. The molecule has 3 aromatic rings. The van der Waals surface area contributed by atoms with E-state index in [2.05, 4.69) is 65.4 Å².